The maximum atomic E-state index is 14.5. The van der Waals surface area contributed by atoms with Gasteiger partial charge in [0.15, 0.2) is 0 Å². The van der Waals surface area contributed by atoms with Gasteiger partial charge < -0.3 is 21.3 Å². The third kappa shape index (κ3) is 7.15. The number of fused-ring (bicyclic) bond motifs is 1. The Hall–Kier alpha value is -1.70. The van der Waals surface area contributed by atoms with Crippen molar-refractivity contribution in [3.63, 3.8) is 0 Å². The van der Waals surface area contributed by atoms with Gasteiger partial charge in [0.1, 0.15) is 11.9 Å². The highest BCUT2D eigenvalue weighted by Gasteiger charge is 2.39. The Morgan fingerprint density at radius 2 is 2.03 bits per heavy atom. The molecule has 218 valence electrons. The molecule has 4 aliphatic rings. The number of rotatable bonds is 12. The Bertz CT molecular complexity index is 953. The van der Waals surface area contributed by atoms with Gasteiger partial charge in [-0.1, -0.05) is 46.1 Å². The topological polar surface area (TPSA) is 68.4 Å². The molecule has 1 saturated carbocycles. The SMILES string of the molecule is CCCCCC(C)C1CCC(C)C(C(CC2CN(CC3CC3)CN2)NC(=O)C2Cc3c(F)ccc(C)c3N2)N1. The number of piperidine rings is 1. The summed E-state index contributed by atoms with van der Waals surface area (Å²) in [6, 6.07) is 4.03. The number of halogens is 1. The fourth-order valence-corrected chi connectivity index (χ4v) is 7.27. The fraction of sp³-hybridized carbons (Fsp3) is 0.781. The van der Waals surface area contributed by atoms with Crippen LogP contribution in [0, 0.1) is 30.5 Å². The molecule has 3 aliphatic heterocycles. The maximum Gasteiger partial charge on any atom is 0.243 e. The molecule has 3 heterocycles. The number of carbonyl (C=O) groups excluding carboxylic acids is 1. The van der Waals surface area contributed by atoms with Crippen molar-refractivity contribution in [2.45, 2.75) is 122 Å². The summed E-state index contributed by atoms with van der Waals surface area (Å²) in [5.74, 6) is 1.79. The van der Waals surface area contributed by atoms with E-state index in [0.717, 1.165) is 36.8 Å². The standard InChI is InChI=1S/C32H52FN5O/c1-5-6-7-8-20(2)27-14-10-22(4)31(35-27)28(15-24-18-38(19-34-24)17-23-11-12-23)37-32(39)29-16-25-26(33)13-9-21(3)30(25)36-29/h9,13,20,22-24,27-29,31,34-36H,5-8,10-12,14-19H2,1-4H3,(H,37,39). The van der Waals surface area contributed by atoms with Crippen LogP contribution in [0.3, 0.4) is 0 Å². The molecule has 0 spiro atoms. The van der Waals surface area contributed by atoms with E-state index in [1.54, 1.807) is 6.07 Å². The quantitative estimate of drug-likeness (QED) is 0.282. The average Bonchev–Trinajstić information content (AvgIpc) is 3.42. The van der Waals surface area contributed by atoms with Crippen LogP contribution in [-0.2, 0) is 11.2 Å². The van der Waals surface area contributed by atoms with Gasteiger partial charge in [0.25, 0.3) is 0 Å². The predicted octanol–water partition coefficient (Wildman–Crippen LogP) is 4.96. The van der Waals surface area contributed by atoms with Gasteiger partial charge in [-0.3, -0.25) is 9.69 Å². The molecule has 7 atom stereocenters. The maximum absolute atomic E-state index is 14.5. The van der Waals surface area contributed by atoms with Crippen molar-refractivity contribution in [2.75, 3.05) is 25.1 Å². The summed E-state index contributed by atoms with van der Waals surface area (Å²) < 4.78 is 14.5. The van der Waals surface area contributed by atoms with Crippen molar-refractivity contribution in [1.29, 1.82) is 0 Å². The zero-order valence-corrected chi connectivity index (χ0v) is 24.7. The summed E-state index contributed by atoms with van der Waals surface area (Å²) in [6.45, 7) is 12.2. The van der Waals surface area contributed by atoms with Crippen LogP contribution in [0.5, 0.6) is 0 Å². The number of hydrogen-bond acceptors (Lipinski definition) is 5. The van der Waals surface area contributed by atoms with Gasteiger partial charge in [-0.25, -0.2) is 4.39 Å². The lowest BCUT2D eigenvalue weighted by molar-refractivity contribution is -0.123. The molecule has 6 nitrogen and oxygen atoms in total. The number of amides is 1. The van der Waals surface area contributed by atoms with Crippen molar-refractivity contribution in [3.05, 3.63) is 29.1 Å². The van der Waals surface area contributed by atoms with Gasteiger partial charge in [-0.05, 0) is 74.8 Å². The zero-order valence-electron chi connectivity index (χ0n) is 24.7. The molecule has 7 unspecified atom stereocenters. The number of anilines is 1. The highest BCUT2D eigenvalue weighted by Crippen LogP contribution is 2.33. The van der Waals surface area contributed by atoms with Crippen molar-refractivity contribution in [1.82, 2.24) is 20.9 Å². The van der Waals surface area contributed by atoms with Crippen LogP contribution in [0.25, 0.3) is 0 Å². The largest absolute Gasteiger partial charge is 0.373 e. The Morgan fingerprint density at radius 1 is 1.21 bits per heavy atom. The molecule has 7 heteroatoms. The first-order valence-electron chi connectivity index (χ1n) is 15.9. The van der Waals surface area contributed by atoms with Gasteiger partial charge in [0, 0.05) is 61.6 Å². The second-order valence-corrected chi connectivity index (χ2v) is 13.3. The summed E-state index contributed by atoms with van der Waals surface area (Å²) in [6.07, 6.45) is 11.6. The third-order valence-electron chi connectivity index (χ3n) is 10.0. The minimum absolute atomic E-state index is 0.00467. The fourth-order valence-electron chi connectivity index (χ4n) is 7.27. The molecule has 0 aromatic heterocycles. The first-order chi connectivity index (χ1) is 18.8. The molecule has 0 radical (unpaired) electrons. The van der Waals surface area contributed by atoms with E-state index in [1.807, 2.05) is 6.92 Å². The highest BCUT2D eigenvalue weighted by atomic mass is 19.1. The minimum atomic E-state index is -0.427. The van der Waals surface area contributed by atoms with Crippen LogP contribution < -0.4 is 21.3 Å². The summed E-state index contributed by atoms with van der Waals surface area (Å²) in [5, 5.41) is 14.6. The van der Waals surface area contributed by atoms with Crippen LogP contribution in [0.2, 0.25) is 0 Å². The lowest BCUT2D eigenvalue weighted by Gasteiger charge is -2.43. The zero-order chi connectivity index (χ0) is 27.5. The van der Waals surface area contributed by atoms with E-state index in [1.165, 1.54) is 64.0 Å². The molecule has 1 aromatic rings. The Kier molecular flexibility index (Phi) is 9.50. The summed E-state index contributed by atoms with van der Waals surface area (Å²) >= 11 is 0. The molecule has 3 fully saturated rings. The minimum Gasteiger partial charge on any atom is -0.373 e. The summed E-state index contributed by atoms with van der Waals surface area (Å²) in [5.41, 5.74) is 2.43. The van der Waals surface area contributed by atoms with Crippen molar-refractivity contribution < 1.29 is 9.18 Å². The average molecular weight is 542 g/mol. The van der Waals surface area contributed by atoms with Gasteiger partial charge in [0.05, 0.1) is 0 Å². The number of nitrogens with zero attached hydrogens (tertiary/aromatic N) is 1. The van der Waals surface area contributed by atoms with E-state index in [2.05, 4.69) is 46.9 Å². The number of hydrogen-bond donors (Lipinski definition) is 4. The van der Waals surface area contributed by atoms with Crippen molar-refractivity contribution >= 4 is 11.6 Å². The van der Waals surface area contributed by atoms with E-state index in [0.29, 0.717) is 35.9 Å². The third-order valence-corrected chi connectivity index (χ3v) is 10.0. The van der Waals surface area contributed by atoms with Crippen LogP contribution in [-0.4, -0.2) is 60.8 Å². The molecule has 5 rings (SSSR count). The van der Waals surface area contributed by atoms with Gasteiger partial charge in [-0.15, -0.1) is 0 Å². The van der Waals surface area contributed by atoms with Crippen LogP contribution in [0.1, 0.15) is 89.7 Å². The molecular formula is C32H52FN5O. The van der Waals surface area contributed by atoms with E-state index < -0.39 is 6.04 Å². The molecule has 0 bridgehead atoms. The molecule has 39 heavy (non-hydrogen) atoms. The number of aryl methyl sites for hydroxylation is 1. The van der Waals surface area contributed by atoms with Crippen LogP contribution >= 0.6 is 0 Å². The molecule has 1 aliphatic carbocycles. The van der Waals surface area contributed by atoms with E-state index >= 15 is 0 Å². The van der Waals surface area contributed by atoms with E-state index in [-0.39, 0.29) is 23.8 Å². The molecule has 1 amide bonds. The lowest BCUT2D eigenvalue weighted by atomic mass is 9.79. The first-order valence-corrected chi connectivity index (χ1v) is 15.9. The van der Waals surface area contributed by atoms with Crippen LogP contribution in [0.15, 0.2) is 12.1 Å². The van der Waals surface area contributed by atoms with Crippen molar-refractivity contribution in [2.24, 2.45) is 17.8 Å². The number of unbranched alkanes of at least 4 members (excludes halogenated alkanes) is 2. The molecule has 4 N–H and O–H groups in total. The highest BCUT2D eigenvalue weighted by molar-refractivity contribution is 5.88. The van der Waals surface area contributed by atoms with Gasteiger partial charge in [-0.2, -0.15) is 0 Å². The first kappa shape index (κ1) is 28.8. The summed E-state index contributed by atoms with van der Waals surface area (Å²) in [4.78, 5) is 16.3. The van der Waals surface area contributed by atoms with Crippen molar-refractivity contribution in [3.8, 4) is 0 Å². The van der Waals surface area contributed by atoms with E-state index in [9.17, 15) is 9.18 Å². The number of nitrogens with one attached hydrogen (secondary N) is 4. The Morgan fingerprint density at radius 3 is 2.77 bits per heavy atom. The molecule has 2 saturated heterocycles. The second-order valence-electron chi connectivity index (χ2n) is 13.3. The Balaban J connectivity index is 1.27. The van der Waals surface area contributed by atoms with Gasteiger partial charge >= 0.3 is 0 Å². The second kappa shape index (κ2) is 12.9. The number of benzene rings is 1. The molecular weight excluding hydrogens is 489 g/mol. The van der Waals surface area contributed by atoms with E-state index in [4.69, 9.17) is 0 Å². The smallest absolute Gasteiger partial charge is 0.243 e. The molecule has 1 aromatic carbocycles. The predicted molar refractivity (Wildman–Crippen MR) is 157 cm³/mol. The number of carbonyl (C=O) groups is 1. The van der Waals surface area contributed by atoms with Gasteiger partial charge in [0.2, 0.25) is 5.91 Å². The van der Waals surface area contributed by atoms with Crippen LogP contribution in [0.4, 0.5) is 10.1 Å². The Labute approximate surface area is 235 Å². The summed E-state index contributed by atoms with van der Waals surface area (Å²) in [7, 11) is 0. The normalized spacial score (nSPS) is 30.5. The lowest BCUT2D eigenvalue weighted by Crippen LogP contribution is -2.61. The monoisotopic (exact) mass is 541 g/mol.